The Hall–Kier alpha value is -1.54. The first-order valence-electron chi connectivity index (χ1n) is 7.92. The number of aromatic amines is 1. The van der Waals surface area contributed by atoms with Gasteiger partial charge in [0.1, 0.15) is 18.0 Å². The molecule has 1 saturated heterocycles. The van der Waals surface area contributed by atoms with Gasteiger partial charge in [-0.05, 0) is 32.8 Å². The fourth-order valence-corrected chi connectivity index (χ4v) is 3.90. The maximum absolute atomic E-state index is 14.4. The van der Waals surface area contributed by atoms with Crippen molar-refractivity contribution in [1.29, 1.82) is 0 Å². The Balaban J connectivity index is 1.97. The summed E-state index contributed by atoms with van der Waals surface area (Å²) in [7, 11) is 0. The number of nitrogens with one attached hydrogen (secondary N) is 1. The van der Waals surface area contributed by atoms with Crippen molar-refractivity contribution in [3.63, 3.8) is 0 Å². The molecule has 3 rings (SSSR count). The fourth-order valence-electron chi connectivity index (χ4n) is 2.95. The molecule has 1 fully saturated rings. The lowest BCUT2D eigenvalue weighted by molar-refractivity contribution is -0.0413. The molecule has 0 aromatic carbocycles. The van der Waals surface area contributed by atoms with Crippen LogP contribution in [0.1, 0.15) is 18.5 Å². The molecule has 1 aliphatic heterocycles. The number of aromatic nitrogens is 4. The van der Waals surface area contributed by atoms with Crippen LogP contribution < -0.4 is 5.56 Å². The molecule has 0 radical (unpaired) electrons. The Morgan fingerprint density at radius 2 is 2.04 bits per heavy atom. The van der Waals surface area contributed by atoms with E-state index < -0.39 is 43.1 Å². The van der Waals surface area contributed by atoms with Crippen molar-refractivity contribution in [3.05, 3.63) is 22.3 Å². The van der Waals surface area contributed by atoms with Gasteiger partial charge in [-0.3, -0.25) is 9.36 Å². The zero-order valence-electron chi connectivity index (χ0n) is 14.3. The molecule has 138 valence electrons. The van der Waals surface area contributed by atoms with Crippen molar-refractivity contribution in [1.82, 2.24) is 19.5 Å². The monoisotopic (exact) mass is 372 g/mol. The second kappa shape index (κ2) is 6.32. The highest BCUT2D eigenvalue weighted by molar-refractivity contribution is 7.72. The summed E-state index contributed by atoms with van der Waals surface area (Å²) in [6.45, 7) is 4.35. The number of hydrogen-bond donors (Lipinski definition) is 3. The van der Waals surface area contributed by atoms with Crippen LogP contribution >= 0.6 is 6.89 Å². The highest BCUT2D eigenvalue weighted by atomic mass is 31.2. The lowest BCUT2D eigenvalue weighted by Gasteiger charge is -2.18. The van der Waals surface area contributed by atoms with Crippen LogP contribution in [-0.2, 0) is 4.74 Å². The summed E-state index contributed by atoms with van der Waals surface area (Å²) in [5, 5.41) is 20.6. The summed E-state index contributed by atoms with van der Waals surface area (Å²) in [5.74, 6) is 0.284. The third kappa shape index (κ3) is 3.42. The minimum absolute atomic E-state index is 0.0272. The third-order valence-electron chi connectivity index (χ3n) is 4.24. The molecular weight excluding hydrogens is 350 g/mol. The summed E-state index contributed by atoms with van der Waals surface area (Å²) >= 11 is 0. The Labute approximate surface area is 143 Å². The molecule has 0 saturated carbocycles. The number of imidazole rings is 1. The third-order valence-corrected chi connectivity index (χ3v) is 5.71. The smallest absolute Gasteiger partial charge is 0.293 e. The van der Waals surface area contributed by atoms with Crippen LogP contribution in [0.25, 0.3) is 11.2 Å². The molecule has 3 heterocycles. The Bertz CT molecular complexity index is 905. The molecule has 8 nitrogen and oxygen atoms in total. The van der Waals surface area contributed by atoms with E-state index in [0.29, 0.717) is 6.42 Å². The van der Waals surface area contributed by atoms with E-state index in [0.717, 1.165) is 10.7 Å². The summed E-state index contributed by atoms with van der Waals surface area (Å²) in [5.41, 5.74) is -0.782. The number of ether oxygens (including phenoxy) is 1. The van der Waals surface area contributed by atoms with Gasteiger partial charge in [-0.2, -0.15) is 9.37 Å². The van der Waals surface area contributed by atoms with Crippen LogP contribution in [0.3, 0.4) is 0 Å². The van der Waals surface area contributed by atoms with Gasteiger partial charge in [-0.1, -0.05) is 0 Å². The van der Waals surface area contributed by atoms with E-state index in [1.165, 1.54) is 0 Å². The molecule has 0 amide bonds. The minimum atomic E-state index is -1.36. The van der Waals surface area contributed by atoms with Crippen LogP contribution in [0.2, 0.25) is 0 Å². The van der Waals surface area contributed by atoms with Gasteiger partial charge in [0.2, 0.25) is 0 Å². The quantitative estimate of drug-likeness (QED) is 0.525. The van der Waals surface area contributed by atoms with E-state index in [1.807, 2.05) is 0 Å². The predicted octanol–water partition coefficient (Wildman–Crippen LogP) is 0.286. The van der Waals surface area contributed by atoms with Crippen molar-refractivity contribution in [2.75, 3.05) is 19.5 Å². The van der Waals surface area contributed by atoms with Gasteiger partial charge in [0, 0.05) is 0 Å². The number of nitrogens with zero attached hydrogens (tertiary/aromatic N) is 3. The first kappa shape index (κ1) is 18.3. The van der Waals surface area contributed by atoms with Gasteiger partial charge in [0.15, 0.2) is 17.4 Å². The van der Waals surface area contributed by atoms with Gasteiger partial charge in [0.25, 0.3) is 11.6 Å². The topological polar surface area (TPSA) is 113 Å². The van der Waals surface area contributed by atoms with Crippen LogP contribution in [-0.4, -0.2) is 73.8 Å². The molecule has 10 heteroatoms. The Kier molecular flexibility index (Phi) is 4.61. The van der Waals surface area contributed by atoms with Crippen molar-refractivity contribution in [2.24, 2.45) is 0 Å². The van der Waals surface area contributed by atoms with Gasteiger partial charge in [0.05, 0.1) is 6.10 Å². The van der Waals surface area contributed by atoms with Crippen molar-refractivity contribution in [2.45, 2.75) is 37.9 Å². The predicted molar refractivity (Wildman–Crippen MR) is 94.1 cm³/mol. The molecule has 0 unspecified atom stereocenters. The molecule has 1 aliphatic rings. The van der Waals surface area contributed by atoms with E-state index in [4.69, 9.17) is 4.74 Å². The molecule has 2 aromatic heterocycles. The van der Waals surface area contributed by atoms with Gasteiger partial charge in [-0.15, -0.1) is 13.2 Å². The van der Waals surface area contributed by atoms with E-state index in [-0.39, 0.29) is 17.0 Å². The molecule has 2 aromatic rings. The van der Waals surface area contributed by atoms with E-state index in [9.17, 15) is 19.4 Å². The van der Waals surface area contributed by atoms with E-state index >= 15 is 0 Å². The van der Waals surface area contributed by atoms with Crippen LogP contribution in [0, 0.1) is 13.0 Å². The van der Waals surface area contributed by atoms with Crippen molar-refractivity contribution >= 4 is 24.3 Å². The molecule has 0 spiro atoms. The second-order valence-corrected chi connectivity index (χ2v) is 11.4. The van der Waals surface area contributed by atoms with Gasteiger partial charge < -0.3 is 19.9 Å². The van der Waals surface area contributed by atoms with Crippen LogP contribution in [0.5, 0.6) is 0 Å². The maximum atomic E-state index is 14.4. The fraction of sp³-hybridized carbons (Fsp3) is 0.600. The van der Waals surface area contributed by atoms with Gasteiger partial charge >= 0.3 is 0 Å². The zero-order chi connectivity index (χ0) is 18.5. The molecule has 3 N–H and O–H groups in total. The largest absolute Gasteiger partial charge is 0.388 e. The van der Waals surface area contributed by atoms with E-state index in [1.54, 1.807) is 6.92 Å². The Morgan fingerprint density at radius 3 is 2.68 bits per heavy atom. The summed E-state index contributed by atoms with van der Waals surface area (Å²) < 4.78 is 21.0. The molecule has 0 bridgehead atoms. The number of halogens is 1. The number of hydrogen-bond acceptors (Lipinski definition) is 6. The summed E-state index contributed by atoms with van der Waals surface area (Å²) in [6, 6.07) is 0. The van der Waals surface area contributed by atoms with Crippen LogP contribution in [0.15, 0.2) is 4.79 Å². The van der Waals surface area contributed by atoms with Crippen molar-refractivity contribution < 1.29 is 19.3 Å². The maximum Gasteiger partial charge on any atom is 0.293 e. The average molecular weight is 372 g/mol. The minimum Gasteiger partial charge on any atom is -0.388 e. The summed E-state index contributed by atoms with van der Waals surface area (Å²) in [6.07, 6.45) is -0.0126. The number of aryl methyl sites for hydroxylation is 1. The lowest BCUT2D eigenvalue weighted by Crippen LogP contribution is -2.32. The first-order valence-corrected chi connectivity index (χ1v) is 11.0. The SMILES string of the molecule is C=P(C)(C)CC[C@H]1O[C@@H](n2c(F)nc3c(=O)[nH]c(C)nc32)[C@H](O)[C@@H]1O. The standard InChI is InChI=1S/C15H22FN4O4P/c1-7-17-12-9(13(23)18-7)19-15(16)20(12)14-11(22)10(21)8(24-14)5-6-25(2,3)4/h8,10-11,14,21-22H,2,5-6H2,1,3-4H3,(H,17,18,23)/t8-,10-,11-,14-/m1/s1. The number of rotatable bonds is 4. The highest BCUT2D eigenvalue weighted by Gasteiger charge is 2.45. The normalized spacial score (nSPS) is 27.3. The number of aliphatic hydroxyl groups is 2. The van der Waals surface area contributed by atoms with Gasteiger partial charge in [-0.25, -0.2) is 4.98 Å². The number of fused-ring (bicyclic) bond motifs is 1. The number of H-pyrrole nitrogens is 1. The average Bonchev–Trinajstić information content (AvgIpc) is 2.95. The highest BCUT2D eigenvalue weighted by Crippen LogP contribution is 2.40. The lowest BCUT2D eigenvalue weighted by atomic mass is 10.1. The summed E-state index contributed by atoms with van der Waals surface area (Å²) in [4.78, 5) is 22.0. The van der Waals surface area contributed by atoms with Crippen LogP contribution in [0.4, 0.5) is 4.39 Å². The first-order chi connectivity index (χ1) is 11.6. The molecule has 4 atom stereocenters. The number of aliphatic hydroxyl groups excluding tert-OH is 2. The van der Waals surface area contributed by atoms with E-state index in [2.05, 4.69) is 34.6 Å². The molecule has 25 heavy (non-hydrogen) atoms. The second-order valence-electron chi connectivity index (χ2n) is 7.07. The van der Waals surface area contributed by atoms with Crippen molar-refractivity contribution in [3.8, 4) is 0 Å². The Morgan fingerprint density at radius 1 is 1.36 bits per heavy atom. The zero-order valence-corrected chi connectivity index (χ0v) is 15.2. The molecule has 0 aliphatic carbocycles. The molecular formula is C15H22FN4O4P.